The SMILES string of the molecule is CCN1C(=O)N2Cc3cc(O)cc(OC)c3[C@@H](C)C=C2C12CCN(C)CC2.O=CCc1ccccc1. The number of phenols is 1. The highest BCUT2D eigenvalue weighted by atomic mass is 16.5. The van der Waals surface area contributed by atoms with Crippen LogP contribution in [-0.4, -0.2) is 71.5 Å². The standard InChI is InChI=1S/C21H29N3O3.C8H8O/c1-5-24-20(26)23-13-15-11-16(25)12-17(27-4)19(15)14(2)10-18(23)21(24)6-8-22(3)9-7-21;9-7-6-8-4-2-1-3-5-8/h10-12,14,25H,5-9,13H2,1-4H3;1-5,7H,6H2/t14-;/m0./s1. The van der Waals surface area contributed by atoms with E-state index in [1.807, 2.05) is 35.2 Å². The largest absolute Gasteiger partial charge is 0.508 e. The summed E-state index contributed by atoms with van der Waals surface area (Å²) in [5.41, 5.74) is 4.01. The fraction of sp³-hybridized carbons (Fsp3) is 0.448. The summed E-state index contributed by atoms with van der Waals surface area (Å²) < 4.78 is 5.55. The topological polar surface area (TPSA) is 73.3 Å². The lowest BCUT2D eigenvalue weighted by molar-refractivity contribution is -0.107. The van der Waals surface area contributed by atoms with Gasteiger partial charge >= 0.3 is 6.03 Å². The van der Waals surface area contributed by atoms with Crippen LogP contribution in [-0.2, 0) is 17.8 Å². The number of benzene rings is 2. The number of likely N-dealkylation sites (tertiary alicyclic amines) is 1. The Hall–Kier alpha value is -3.32. The number of allylic oxidation sites excluding steroid dienone is 1. The molecule has 1 spiro atoms. The maximum absolute atomic E-state index is 13.3. The van der Waals surface area contributed by atoms with Gasteiger partial charge in [0.2, 0.25) is 0 Å². The van der Waals surface area contributed by atoms with Crippen LogP contribution in [0.4, 0.5) is 4.79 Å². The normalized spacial score (nSPS) is 20.6. The summed E-state index contributed by atoms with van der Waals surface area (Å²) in [5.74, 6) is 0.971. The number of hydrogen-bond donors (Lipinski definition) is 1. The van der Waals surface area contributed by atoms with Crippen LogP contribution in [0.2, 0.25) is 0 Å². The monoisotopic (exact) mass is 491 g/mol. The van der Waals surface area contributed by atoms with Crippen LogP contribution < -0.4 is 4.74 Å². The molecule has 0 aromatic heterocycles. The summed E-state index contributed by atoms with van der Waals surface area (Å²) >= 11 is 0. The van der Waals surface area contributed by atoms with E-state index in [1.165, 1.54) is 0 Å². The molecule has 0 radical (unpaired) electrons. The smallest absolute Gasteiger partial charge is 0.325 e. The van der Waals surface area contributed by atoms with E-state index in [4.69, 9.17) is 4.74 Å². The van der Waals surface area contributed by atoms with Gasteiger partial charge in [0.05, 0.1) is 19.2 Å². The molecular weight excluding hydrogens is 454 g/mol. The lowest BCUT2D eigenvalue weighted by atomic mass is 9.82. The molecule has 0 aliphatic carbocycles. The molecule has 1 atom stereocenters. The number of aromatic hydroxyl groups is 1. The predicted molar refractivity (Wildman–Crippen MR) is 140 cm³/mol. The molecule has 0 unspecified atom stereocenters. The van der Waals surface area contributed by atoms with Gasteiger partial charge in [-0.15, -0.1) is 0 Å². The molecule has 3 aliphatic rings. The summed E-state index contributed by atoms with van der Waals surface area (Å²) in [4.78, 5) is 29.6. The number of fused-ring (bicyclic) bond motifs is 3. The molecule has 0 saturated carbocycles. The van der Waals surface area contributed by atoms with Crippen molar-refractivity contribution in [2.45, 2.75) is 51.1 Å². The summed E-state index contributed by atoms with van der Waals surface area (Å²) in [6.45, 7) is 7.37. The number of carbonyl (C=O) groups excluding carboxylic acids is 2. The summed E-state index contributed by atoms with van der Waals surface area (Å²) in [7, 11) is 3.77. The van der Waals surface area contributed by atoms with E-state index in [0.29, 0.717) is 25.3 Å². The average Bonchev–Trinajstić information content (AvgIpc) is 2.97. The first kappa shape index (κ1) is 25.8. The predicted octanol–water partition coefficient (Wildman–Crippen LogP) is 4.55. The number of nitrogens with zero attached hydrogens (tertiary/aromatic N) is 3. The Bertz CT molecular complexity index is 1120. The second-order valence-electron chi connectivity index (χ2n) is 9.87. The first-order valence-electron chi connectivity index (χ1n) is 12.7. The number of hydrogen-bond acceptors (Lipinski definition) is 5. The van der Waals surface area contributed by atoms with Crippen molar-refractivity contribution in [1.29, 1.82) is 0 Å². The van der Waals surface area contributed by atoms with E-state index in [0.717, 1.165) is 54.6 Å². The first-order valence-corrected chi connectivity index (χ1v) is 12.7. The molecule has 2 aromatic rings. The summed E-state index contributed by atoms with van der Waals surface area (Å²) in [6, 6.07) is 13.2. The molecule has 7 heteroatoms. The van der Waals surface area contributed by atoms with Crippen molar-refractivity contribution in [1.82, 2.24) is 14.7 Å². The van der Waals surface area contributed by atoms with Gasteiger partial charge in [-0.05, 0) is 44.0 Å². The summed E-state index contributed by atoms with van der Waals surface area (Å²) in [5, 5.41) is 10.1. The molecule has 7 nitrogen and oxygen atoms in total. The maximum Gasteiger partial charge on any atom is 0.325 e. The molecule has 3 aliphatic heterocycles. The molecule has 5 rings (SSSR count). The van der Waals surface area contributed by atoms with Crippen molar-refractivity contribution in [3.8, 4) is 11.5 Å². The minimum atomic E-state index is -0.218. The Morgan fingerprint density at radius 3 is 2.47 bits per heavy atom. The summed E-state index contributed by atoms with van der Waals surface area (Å²) in [6.07, 6.45) is 5.61. The van der Waals surface area contributed by atoms with Crippen LogP contribution >= 0.6 is 0 Å². The quantitative estimate of drug-likeness (QED) is 0.635. The minimum absolute atomic E-state index is 0.0793. The zero-order valence-corrected chi connectivity index (χ0v) is 21.7. The molecule has 192 valence electrons. The van der Waals surface area contributed by atoms with Crippen LogP contribution in [0, 0.1) is 0 Å². The van der Waals surface area contributed by atoms with Crippen molar-refractivity contribution in [3.05, 3.63) is 70.9 Å². The van der Waals surface area contributed by atoms with E-state index >= 15 is 0 Å². The molecule has 3 heterocycles. The van der Waals surface area contributed by atoms with Gasteiger partial charge in [0.1, 0.15) is 17.8 Å². The number of carbonyl (C=O) groups is 2. The third-order valence-corrected chi connectivity index (χ3v) is 7.66. The van der Waals surface area contributed by atoms with E-state index in [1.54, 1.807) is 19.2 Å². The second-order valence-corrected chi connectivity index (χ2v) is 9.87. The fourth-order valence-corrected chi connectivity index (χ4v) is 5.86. The van der Waals surface area contributed by atoms with Gasteiger partial charge < -0.3 is 24.4 Å². The minimum Gasteiger partial charge on any atom is -0.508 e. The lowest BCUT2D eigenvalue weighted by Gasteiger charge is -2.43. The van der Waals surface area contributed by atoms with Gasteiger partial charge in [0.15, 0.2) is 0 Å². The highest BCUT2D eigenvalue weighted by Crippen LogP contribution is 2.48. The first-order chi connectivity index (χ1) is 17.3. The van der Waals surface area contributed by atoms with Gasteiger partial charge in [-0.3, -0.25) is 4.90 Å². The molecule has 36 heavy (non-hydrogen) atoms. The van der Waals surface area contributed by atoms with Crippen LogP contribution in [0.1, 0.15) is 49.3 Å². The Kier molecular flexibility index (Phi) is 7.69. The number of methoxy groups -OCH3 is 1. The van der Waals surface area contributed by atoms with Gasteiger partial charge in [-0.1, -0.05) is 43.3 Å². The zero-order chi connectivity index (χ0) is 25.9. The van der Waals surface area contributed by atoms with Crippen LogP contribution in [0.5, 0.6) is 11.5 Å². The number of phenolic OH excluding ortho intramolecular Hbond substituents is 1. The van der Waals surface area contributed by atoms with Gasteiger partial charge in [0, 0.05) is 49.3 Å². The zero-order valence-electron chi connectivity index (χ0n) is 21.7. The number of piperidine rings is 1. The molecular formula is C29H37N3O4. The Balaban J connectivity index is 0.000000286. The maximum atomic E-state index is 13.3. The third kappa shape index (κ3) is 4.72. The Morgan fingerprint density at radius 2 is 1.86 bits per heavy atom. The number of urea groups is 1. The highest BCUT2D eigenvalue weighted by molar-refractivity contribution is 5.83. The van der Waals surface area contributed by atoms with Crippen LogP contribution in [0.25, 0.3) is 0 Å². The molecule has 2 saturated heterocycles. The number of amides is 2. The van der Waals surface area contributed by atoms with Crippen molar-refractivity contribution in [2.24, 2.45) is 0 Å². The molecule has 1 N–H and O–H groups in total. The van der Waals surface area contributed by atoms with E-state index in [-0.39, 0.29) is 23.2 Å². The molecule has 2 fully saturated rings. The van der Waals surface area contributed by atoms with Crippen molar-refractivity contribution >= 4 is 12.3 Å². The lowest BCUT2D eigenvalue weighted by Crippen LogP contribution is -2.53. The fourth-order valence-electron chi connectivity index (χ4n) is 5.86. The third-order valence-electron chi connectivity index (χ3n) is 7.66. The van der Waals surface area contributed by atoms with Crippen molar-refractivity contribution in [2.75, 3.05) is 33.8 Å². The van der Waals surface area contributed by atoms with Crippen LogP contribution in [0.15, 0.2) is 54.2 Å². The number of rotatable bonds is 4. The van der Waals surface area contributed by atoms with Gasteiger partial charge in [0.25, 0.3) is 0 Å². The van der Waals surface area contributed by atoms with E-state index < -0.39 is 0 Å². The van der Waals surface area contributed by atoms with Gasteiger partial charge in [-0.2, -0.15) is 0 Å². The number of likely N-dealkylation sites (N-methyl/N-ethyl adjacent to an activating group) is 1. The number of ether oxygens (including phenoxy) is 1. The average molecular weight is 492 g/mol. The second kappa shape index (κ2) is 10.7. The molecule has 2 amide bonds. The van der Waals surface area contributed by atoms with E-state index in [9.17, 15) is 14.7 Å². The van der Waals surface area contributed by atoms with E-state index in [2.05, 4.69) is 36.8 Å². The van der Waals surface area contributed by atoms with Crippen molar-refractivity contribution < 1.29 is 19.4 Å². The number of aldehydes is 1. The highest BCUT2D eigenvalue weighted by Gasteiger charge is 2.54. The van der Waals surface area contributed by atoms with Crippen molar-refractivity contribution in [3.63, 3.8) is 0 Å². The Labute approximate surface area is 214 Å². The van der Waals surface area contributed by atoms with Crippen LogP contribution in [0.3, 0.4) is 0 Å². The Morgan fingerprint density at radius 1 is 1.17 bits per heavy atom. The van der Waals surface area contributed by atoms with Gasteiger partial charge in [-0.25, -0.2) is 4.79 Å². The molecule has 2 aromatic carbocycles. The molecule has 0 bridgehead atoms.